The van der Waals surface area contributed by atoms with Gasteiger partial charge in [0, 0.05) is 25.2 Å². The molecule has 1 aromatic rings. The van der Waals surface area contributed by atoms with Crippen LogP contribution in [0.5, 0.6) is 0 Å². The van der Waals surface area contributed by atoms with E-state index in [4.69, 9.17) is 0 Å². The van der Waals surface area contributed by atoms with Crippen LogP contribution in [0.2, 0.25) is 0 Å². The molecule has 4 amide bonds. The minimum Gasteiger partial charge on any atom is -0.364 e. The zero-order valence-electron chi connectivity index (χ0n) is 9.31. The minimum absolute atomic E-state index is 0.332. The Morgan fingerprint density at radius 3 is 3.18 bits per heavy atom. The molecule has 2 heterocycles. The summed E-state index contributed by atoms with van der Waals surface area (Å²) >= 11 is 0. The molecule has 0 saturated carbocycles. The van der Waals surface area contributed by atoms with Crippen LogP contribution in [-0.2, 0) is 6.42 Å². The number of aryl methyl sites for hydroxylation is 1. The summed E-state index contributed by atoms with van der Waals surface area (Å²) in [4.78, 5) is 23.9. The number of hydrogen-bond donors (Lipinski definition) is 2. The second-order valence-corrected chi connectivity index (χ2v) is 3.75. The molecule has 92 valence electrons. The van der Waals surface area contributed by atoms with Crippen molar-refractivity contribution < 1.29 is 14.1 Å². The van der Waals surface area contributed by atoms with Crippen LogP contribution < -0.4 is 10.6 Å². The van der Waals surface area contributed by atoms with E-state index >= 15 is 0 Å². The molecular formula is C10H14N4O3. The van der Waals surface area contributed by atoms with Crippen molar-refractivity contribution >= 4 is 12.1 Å². The Morgan fingerprint density at radius 2 is 2.53 bits per heavy atom. The normalized spacial score (nSPS) is 14.8. The zero-order valence-corrected chi connectivity index (χ0v) is 9.31. The molecule has 7 heteroatoms. The molecule has 17 heavy (non-hydrogen) atoms. The molecule has 1 fully saturated rings. The van der Waals surface area contributed by atoms with Gasteiger partial charge in [-0.1, -0.05) is 5.16 Å². The van der Waals surface area contributed by atoms with Crippen LogP contribution in [0.3, 0.4) is 0 Å². The van der Waals surface area contributed by atoms with Crippen molar-refractivity contribution in [3.05, 3.63) is 18.0 Å². The SMILES string of the molecule is O=C(NCCCc1cnoc1)N1CCNC1=O. The van der Waals surface area contributed by atoms with Crippen molar-refractivity contribution in [3.63, 3.8) is 0 Å². The van der Waals surface area contributed by atoms with Gasteiger partial charge in [-0.3, -0.25) is 0 Å². The average molecular weight is 238 g/mol. The first-order valence-electron chi connectivity index (χ1n) is 5.49. The van der Waals surface area contributed by atoms with Crippen molar-refractivity contribution in [2.45, 2.75) is 12.8 Å². The predicted octanol–water partition coefficient (Wildman–Crippen LogP) is 0.342. The first-order chi connectivity index (χ1) is 8.27. The summed E-state index contributed by atoms with van der Waals surface area (Å²) in [5, 5.41) is 8.85. The number of amides is 4. The number of nitrogens with zero attached hydrogens (tertiary/aromatic N) is 2. The zero-order chi connectivity index (χ0) is 12.1. The molecule has 0 atom stereocenters. The lowest BCUT2D eigenvalue weighted by molar-refractivity contribution is 0.199. The maximum absolute atomic E-state index is 11.5. The standard InChI is InChI=1S/C10H14N4O3/c15-9(14-5-4-12-10(14)16)11-3-1-2-8-6-13-17-7-8/h6-7H,1-5H2,(H,11,15)(H,12,16). The lowest BCUT2D eigenvalue weighted by atomic mass is 10.2. The molecule has 2 rings (SSSR count). The Morgan fingerprint density at radius 1 is 1.65 bits per heavy atom. The monoisotopic (exact) mass is 238 g/mol. The fraction of sp³-hybridized carbons (Fsp3) is 0.500. The number of carbonyl (C=O) groups is 2. The number of aromatic nitrogens is 1. The number of hydrogen-bond acceptors (Lipinski definition) is 4. The molecule has 7 nitrogen and oxygen atoms in total. The summed E-state index contributed by atoms with van der Waals surface area (Å²) in [6.07, 6.45) is 4.80. The van der Waals surface area contributed by atoms with Gasteiger partial charge in [-0.05, 0) is 12.8 Å². The average Bonchev–Trinajstić information content (AvgIpc) is 2.95. The van der Waals surface area contributed by atoms with Gasteiger partial charge in [0.15, 0.2) is 0 Å². The number of urea groups is 2. The van der Waals surface area contributed by atoms with Gasteiger partial charge >= 0.3 is 12.1 Å². The molecule has 1 aliphatic heterocycles. The Balaban J connectivity index is 1.65. The van der Waals surface area contributed by atoms with E-state index in [1.807, 2.05) is 0 Å². The summed E-state index contributed by atoms with van der Waals surface area (Å²) in [6, 6.07) is -0.674. The summed E-state index contributed by atoms with van der Waals surface area (Å²) in [5.41, 5.74) is 0.998. The van der Waals surface area contributed by atoms with E-state index in [1.165, 1.54) is 4.90 Å². The van der Waals surface area contributed by atoms with E-state index in [1.54, 1.807) is 12.5 Å². The van der Waals surface area contributed by atoms with Crippen LogP contribution in [0.15, 0.2) is 17.0 Å². The molecule has 0 aromatic carbocycles. The van der Waals surface area contributed by atoms with E-state index in [-0.39, 0.29) is 12.1 Å². The maximum atomic E-state index is 11.5. The number of carbonyl (C=O) groups excluding carboxylic acids is 2. The highest BCUT2D eigenvalue weighted by atomic mass is 16.5. The third-order valence-corrected chi connectivity index (χ3v) is 2.50. The third-order valence-electron chi connectivity index (χ3n) is 2.50. The minimum atomic E-state index is -0.342. The van der Waals surface area contributed by atoms with Gasteiger partial charge in [-0.15, -0.1) is 0 Å². The molecule has 0 bridgehead atoms. The number of imide groups is 1. The number of nitrogens with one attached hydrogen (secondary N) is 2. The van der Waals surface area contributed by atoms with Gasteiger partial charge in [0.05, 0.1) is 6.20 Å². The highest BCUT2D eigenvalue weighted by Crippen LogP contribution is 2.01. The molecular weight excluding hydrogens is 224 g/mol. The van der Waals surface area contributed by atoms with Crippen molar-refractivity contribution in [1.82, 2.24) is 20.7 Å². The fourth-order valence-corrected chi connectivity index (χ4v) is 1.60. The van der Waals surface area contributed by atoms with Crippen molar-refractivity contribution in [2.75, 3.05) is 19.6 Å². The van der Waals surface area contributed by atoms with Gasteiger partial charge in [0.1, 0.15) is 6.26 Å². The van der Waals surface area contributed by atoms with Crippen LogP contribution in [0.4, 0.5) is 9.59 Å². The Kier molecular flexibility index (Phi) is 3.59. The fourth-order valence-electron chi connectivity index (χ4n) is 1.60. The maximum Gasteiger partial charge on any atom is 0.325 e. The van der Waals surface area contributed by atoms with Crippen LogP contribution in [0.1, 0.15) is 12.0 Å². The highest BCUT2D eigenvalue weighted by Gasteiger charge is 2.25. The van der Waals surface area contributed by atoms with Crippen LogP contribution in [0, 0.1) is 0 Å². The van der Waals surface area contributed by atoms with Crippen LogP contribution in [0.25, 0.3) is 0 Å². The second-order valence-electron chi connectivity index (χ2n) is 3.75. The van der Waals surface area contributed by atoms with Gasteiger partial charge < -0.3 is 15.2 Å². The van der Waals surface area contributed by atoms with Crippen molar-refractivity contribution in [1.29, 1.82) is 0 Å². The quantitative estimate of drug-likeness (QED) is 0.740. The summed E-state index contributed by atoms with van der Waals surface area (Å²) in [5.74, 6) is 0. The Labute approximate surface area is 98.1 Å². The van der Waals surface area contributed by atoms with Gasteiger partial charge in [0.2, 0.25) is 0 Å². The summed E-state index contributed by atoms with van der Waals surface area (Å²) in [7, 11) is 0. The third kappa shape index (κ3) is 2.96. The Bertz CT molecular complexity index is 390. The molecule has 1 aromatic heterocycles. The molecule has 0 unspecified atom stereocenters. The predicted molar refractivity (Wildman–Crippen MR) is 58.3 cm³/mol. The van der Waals surface area contributed by atoms with Gasteiger partial charge in [-0.25, -0.2) is 14.5 Å². The van der Waals surface area contributed by atoms with E-state index in [0.717, 1.165) is 18.4 Å². The van der Waals surface area contributed by atoms with Crippen molar-refractivity contribution in [2.24, 2.45) is 0 Å². The lowest BCUT2D eigenvalue weighted by Gasteiger charge is -2.12. The molecule has 0 spiro atoms. The Hall–Kier alpha value is -2.05. The van der Waals surface area contributed by atoms with Gasteiger partial charge in [-0.2, -0.15) is 0 Å². The van der Waals surface area contributed by atoms with Crippen LogP contribution in [-0.4, -0.2) is 41.8 Å². The molecule has 0 aliphatic carbocycles. The van der Waals surface area contributed by atoms with Crippen LogP contribution >= 0.6 is 0 Å². The lowest BCUT2D eigenvalue weighted by Crippen LogP contribution is -2.42. The molecule has 1 aliphatic rings. The van der Waals surface area contributed by atoms with E-state index < -0.39 is 0 Å². The summed E-state index contributed by atoms with van der Waals surface area (Å²) < 4.78 is 4.69. The molecule has 0 radical (unpaired) electrons. The van der Waals surface area contributed by atoms with E-state index in [9.17, 15) is 9.59 Å². The largest absolute Gasteiger partial charge is 0.364 e. The highest BCUT2D eigenvalue weighted by molar-refractivity contribution is 5.94. The van der Waals surface area contributed by atoms with E-state index in [0.29, 0.717) is 19.6 Å². The summed E-state index contributed by atoms with van der Waals surface area (Å²) in [6.45, 7) is 1.47. The number of rotatable bonds is 4. The second kappa shape index (κ2) is 5.33. The first-order valence-corrected chi connectivity index (χ1v) is 5.49. The van der Waals surface area contributed by atoms with Gasteiger partial charge in [0.25, 0.3) is 0 Å². The topological polar surface area (TPSA) is 87.5 Å². The first kappa shape index (κ1) is 11.4. The van der Waals surface area contributed by atoms with Crippen molar-refractivity contribution in [3.8, 4) is 0 Å². The van der Waals surface area contributed by atoms with E-state index in [2.05, 4.69) is 20.3 Å². The molecule has 2 N–H and O–H groups in total. The molecule has 1 saturated heterocycles. The smallest absolute Gasteiger partial charge is 0.325 e.